The lowest BCUT2D eigenvalue weighted by Crippen LogP contribution is -2.38. The third kappa shape index (κ3) is 2.77. The molecule has 0 unspecified atom stereocenters. The minimum atomic E-state index is -0.984. The molecule has 7 heteroatoms. The predicted octanol–water partition coefficient (Wildman–Crippen LogP) is -0.735. The maximum Gasteiger partial charge on any atom is 0.372 e. The van der Waals surface area contributed by atoms with E-state index in [0.29, 0.717) is 11.4 Å². The van der Waals surface area contributed by atoms with Crippen LogP contribution in [-0.4, -0.2) is 28.0 Å². The third-order valence-electron chi connectivity index (χ3n) is 1.37. The zero-order chi connectivity index (χ0) is 10.6. The quantitative estimate of drug-likeness (QED) is 0.650. The van der Waals surface area contributed by atoms with Gasteiger partial charge in [0.15, 0.2) is 4.88 Å². The molecule has 1 aromatic rings. The zero-order valence-corrected chi connectivity index (χ0v) is 8.37. The second-order valence-corrected chi connectivity index (χ2v) is 3.30. The van der Waals surface area contributed by atoms with Crippen LogP contribution in [0.3, 0.4) is 0 Å². The summed E-state index contributed by atoms with van der Waals surface area (Å²) >= 11 is 0.977. The van der Waals surface area contributed by atoms with Crippen molar-refractivity contribution in [2.45, 2.75) is 13.5 Å². The highest BCUT2D eigenvalue weighted by Gasteiger charge is 2.17. The van der Waals surface area contributed by atoms with E-state index in [4.69, 9.17) is 5.11 Å². The predicted molar refractivity (Wildman–Crippen MR) is 48.0 cm³/mol. The zero-order valence-electron chi connectivity index (χ0n) is 7.56. The Hall–Kier alpha value is -1.50. The fraction of sp³-hybridized carbons (Fsp3) is 0.429. The summed E-state index contributed by atoms with van der Waals surface area (Å²) in [6, 6.07) is 0. The molecule has 0 aliphatic carbocycles. The Kier molecular flexibility index (Phi) is 3.52. The van der Waals surface area contributed by atoms with Crippen LogP contribution in [0.4, 0.5) is 0 Å². The molecule has 0 fully saturated rings. The molecule has 0 radical (unpaired) electrons. The average molecular weight is 216 g/mol. The monoisotopic (exact) mass is 216 g/mol. The van der Waals surface area contributed by atoms with Gasteiger partial charge in [0.1, 0.15) is 0 Å². The molecule has 0 bridgehead atoms. The van der Waals surface area contributed by atoms with E-state index in [1.807, 2.05) is 6.92 Å². The molecule has 2 N–H and O–H groups in total. The molecule has 0 atom stereocenters. The number of hydrogen-bond acceptors (Lipinski definition) is 4. The second kappa shape index (κ2) is 4.66. The van der Waals surface area contributed by atoms with Crippen molar-refractivity contribution in [3.8, 4) is 0 Å². The van der Waals surface area contributed by atoms with Crippen molar-refractivity contribution in [3.63, 3.8) is 0 Å². The van der Waals surface area contributed by atoms with E-state index in [2.05, 4.69) is 9.81 Å². The fourth-order valence-corrected chi connectivity index (χ4v) is 1.46. The van der Waals surface area contributed by atoms with Crippen LogP contribution in [0.25, 0.3) is 0 Å². The Morgan fingerprint density at radius 3 is 3.00 bits per heavy atom. The third-order valence-corrected chi connectivity index (χ3v) is 2.15. The number of aromatic nitrogens is 2. The molecule has 1 rings (SSSR count). The average Bonchev–Trinajstić information content (AvgIpc) is 2.52. The van der Waals surface area contributed by atoms with Gasteiger partial charge in [0, 0.05) is 18.1 Å². The molecule has 0 saturated heterocycles. The largest absolute Gasteiger partial charge is 0.476 e. The molecule has 1 amide bonds. The van der Waals surface area contributed by atoms with Crippen LogP contribution in [0, 0.1) is 0 Å². The second-order valence-electron chi connectivity index (χ2n) is 2.52. The van der Waals surface area contributed by atoms with Crippen molar-refractivity contribution in [2.24, 2.45) is 0 Å². The Morgan fingerprint density at radius 2 is 2.43 bits per heavy atom. The van der Waals surface area contributed by atoms with E-state index in [9.17, 15) is 9.59 Å². The molecule has 0 aliphatic heterocycles. The lowest BCUT2D eigenvalue weighted by molar-refractivity contribution is -0.735. The van der Waals surface area contributed by atoms with Crippen LogP contribution in [0.15, 0.2) is 6.20 Å². The van der Waals surface area contributed by atoms with Gasteiger partial charge in [0.2, 0.25) is 6.20 Å². The van der Waals surface area contributed by atoms with Gasteiger partial charge in [0.25, 0.3) is 12.5 Å². The van der Waals surface area contributed by atoms with E-state index in [-0.39, 0.29) is 12.5 Å². The van der Waals surface area contributed by atoms with Crippen LogP contribution in [0.5, 0.6) is 0 Å². The van der Waals surface area contributed by atoms with Crippen molar-refractivity contribution in [3.05, 3.63) is 11.1 Å². The first-order chi connectivity index (χ1) is 6.63. The van der Waals surface area contributed by atoms with Crippen LogP contribution < -0.4 is 10.00 Å². The summed E-state index contributed by atoms with van der Waals surface area (Å²) in [5.41, 5.74) is 0. The van der Waals surface area contributed by atoms with E-state index >= 15 is 0 Å². The molecule has 6 nitrogen and oxygen atoms in total. The summed E-state index contributed by atoms with van der Waals surface area (Å²) in [7, 11) is 0. The molecule has 0 aromatic carbocycles. The standard InChI is InChI=1S/C7H9N3O3S/c1-2-8-7(13)5-3-10(9-14-5)4-6(11)12/h3H,2,4H2,1H3,(H-,8,11,12,13)/p+1. The first kappa shape index (κ1) is 10.6. The molecule has 0 spiro atoms. The van der Waals surface area contributed by atoms with Gasteiger partial charge < -0.3 is 10.4 Å². The van der Waals surface area contributed by atoms with Gasteiger partial charge in [-0.2, -0.15) is 0 Å². The van der Waals surface area contributed by atoms with E-state index in [1.54, 1.807) is 0 Å². The number of carbonyl (C=O) groups excluding carboxylic acids is 1. The van der Waals surface area contributed by atoms with Crippen molar-refractivity contribution in [1.82, 2.24) is 9.81 Å². The first-order valence-electron chi connectivity index (χ1n) is 4.00. The number of carbonyl (C=O) groups is 2. The highest BCUT2D eigenvalue weighted by Crippen LogP contribution is 1.99. The van der Waals surface area contributed by atoms with Crippen LogP contribution in [-0.2, 0) is 11.3 Å². The minimum Gasteiger partial charge on any atom is -0.476 e. The molecule has 76 valence electrons. The Labute approximate surface area is 84.3 Å². The van der Waals surface area contributed by atoms with Gasteiger partial charge in [-0.05, 0) is 6.92 Å². The summed E-state index contributed by atoms with van der Waals surface area (Å²) in [4.78, 5) is 22.0. The van der Waals surface area contributed by atoms with Crippen LogP contribution in [0.2, 0.25) is 0 Å². The molecular weight excluding hydrogens is 206 g/mol. The lowest BCUT2D eigenvalue weighted by atomic mass is 10.5. The summed E-state index contributed by atoms with van der Waals surface area (Å²) < 4.78 is 5.00. The Morgan fingerprint density at radius 1 is 1.71 bits per heavy atom. The van der Waals surface area contributed by atoms with Crippen molar-refractivity contribution < 1.29 is 19.4 Å². The molecular formula is C7H10N3O3S+. The number of amides is 1. The van der Waals surface area contributed by atoms with E-state index in [0.717, 1.165) is 11.5 Å². The van der Waals surface area contributed by atoms with Gasteiger partial charge in [-0.25, -0.2) is 4.79 Å². The van der Waals surface area contributed by atoms with Gasteiger partial charge in [-0.15, -0.1) is 0 Å². The highest BCUT2D eigenvalue weighted by molar-refractivity contribution is 7.07. The number of rotatable bonds is 4. The SMILES string of the molecule is CCNC(=O)c1c[n+](CC(=O)O)ns1. The first-order valence-corrected chi connectivity index (χ1v) is 4.77. The smallest absolute Gasteiger partial charge is 0.372 e. The van der Waals surface area contributed by atoms with Gasteiger partial charge in [-0.3, -0.25) is 4.79 Å². The van der Waals surface area contributed by atoms with Crippen LogP contribution >= 0.6 is 11.5 Å². The number of carboxylic acids is 1. The van der Waals surface area contributed by atoms with Crippen LogP contribution in [0.1, 0.15) is 16.6 Å². The van der Waals surface area contributed by atoms with Gasteiger partial charge >= 0.3 is 5.97 Å². The Balaban J connectivity index is 2.67. The summed E-state index contributed by atoms with van der Waals surface area (Å²) in [5, 5.41) is 11.1. The maximum atomic E-state index is 11.2. The van der Waals surface area contributed by atoms with Crippen molar-refractivity contribution >= 4 is 23.4 Å². The maximum absolute atomic E-state index is 11.2. The lowest BCUT2D eigenvalue weighted by Gasteiger charge is -1.93. The molecule has 14 heavy (non-hydrogen) atoms. The topological polar surface area (TPSA) is 83.2 Å². The number of aliphatic carboxylic acids is 1. The highest BCUT2D eigenvalue weighted by atomic mass is 32.1. The molecule has 0 saturated carbocycles. The molecule has 0 aliphatic rings. The van der Waals surface area contributed by atoms with Crippen molar-refractivity contribution in [2.75, 3.05) is 6.54 Å². The minimum absolute atomic E-state index is 0.226. The summed E-state index contributed by atoms with van der Waals surface area (Å²) in [5.74, 6) is -1.21. The van der Waals surface area contributed by atoms with E-state index in [1.165, 1.54) is 10.9 Å². The van der Waals surface area contributed by atoms with Crippen molar-refractivity contribution in [1.29, 1.82) is 0 Å². The van der Waals surface area contributed by atoms with E-state index < -0.39 is 5.97 Å². The molecule has 1 aromatic heterocycles. The normalized spacial score (nSPS) is 9.79. The molecule has 1 heterocycles. The van der Waals surface area contributed by atoms with Gasteiger partial charge in [-0.1, -0.05) is 4.68 Å². The van der Waals surface area contributed by atoms with Gasteiger partial charge in [0.05, 0.1) is 4.49 Å². The summed E-state index contributed by atoms with van der Waals surface area (Å²) in [6.45, 7) is 2.12. The number of hydrogen-bond donors (Lipinski definition) is 2. The number of carboxylic acid groups (broad SMARTS) is 1. The Bertz CT molecular complexity index is 350. The summed E-state index contributed by atoms with van der Waals surface area (Å²) in [6.07, 6.45) is 1.42. The fourth-order valence-electron chi connectivity index (χ4n) is 0.840. The number of nitrogens with one attached hydrogen (secondary N) is 1. The number of nitrogens with zero attached hydrogens (tertiary/aromatic N) is 2.